The van der Waals surface area contributed by atoms with E-state index in [1.807, 2.05) is 0 Å². The van der Waals surface area contributed by atoms with E-state index in [1.165, 1.54) is 32.1 Å². The van der Waals surface area contributed by atoms with Crippen molar-refractivity contribution in [2.45, 2.75) is 58.0 Å². The van der Waals surface area contributed by atoms with Gasteiger partial charge < -0.3 is 0 Å². The van der Waals surface area contributed by atoms with Crippen LogP contribution >= 0.6 is 0 Å². The first-order valence-electron chi connectivity index (χ1n) is 8.30. The molecule has 1 fully saturated rings. The SMILES string of the molecule is CCC1CCC(C/C=C\Cc2ccc(C(F)(F)F)cc2)CC1. The fourth-order valence-corrected chi connectivity index (χ4v) is 3.21. The van der Waals surface area contributed by atoms with E-state index in [4.69, 9.17) is 0 Å². The Kier molecular flexibility index (Phi) is 6.10. The third kappa shape index (κ3) is 5.19. The fourth-order valence-electron chi connectivity index (χ4n) is 3.21. The summed E-state index contributed by atoms with van der Waals surface area (Å²) in [6.07, 6.45) is 8.53. The molecule has 0 nitrogen and oxygen atoms in total. The Morgan fingerprint density at radius 2 is 1.55 bits per heavy atom. The molecule has 0 saturated heterocycles. The van der Waals surface area contributed by atoms with Gasteiger partial charge in [0.1, 0.15) is 0 Å². The topological polar surface area (TPSA) is 0 Å². The van der Waals surface area contributed by atoms with Crippen LogP contribution in [0.15, 0.2) is 36.4 Å². The van der Waals surface area contributed by atoms with Gasteiger partial charge in [-0.25, -0.2) is 0 Å². The fraction of sp³-hybridized carbons (Fsp3) is 0.579. The molecule has 0 aromatic heterocycles. The van der Waals surface area contributed by atoms with Gasteiger partial charge in [0.15, 0.2) is 0 Å². The maximum absolute atomic E-state index is 12.5. The number of allylic oxidation sites excluding steroid dienone is 2. The van der Waals surface area contributed by atoms with Gasteiger partial charge in [-0.05, 0) is 55.2 Å². The van der Waals surface area contributed by atoms with Gasteiger partial charge in [0.05, 0.1) is 5.56 Å². The molecule has 1 aliphatic rings. The second-order valence-electron chi connectivity index (χ2n) is 6.40. The summed E-state index contributed by atoms with van der Waals surface area (Å²) >= 11 is 0. The highest BCUT2D eigenvalue weighted by Crippen LogP contribution is 2.32. The van der Waals surface area contributed by atoms with Crippen molar-refractivity contribution in [1.29, 1.82) is 0 Å². The average Bonchev–Trinajstić information content (AvgIpc) is 2.52. The smallest absolute Gasteiger partial charge is 0.166 e. The number of rotatable bonds is 5. The zero-order valence-corrected chi connectivity index (χ0v) is 13.2. The molecule has 0 N–H and O–H groups in total. The molecule has 1 aromatic carbocycles. The molecule has 3 heteroatoms. The lowest BCUT2D eigenvalue weighted by molar-refractivity contribution is -0.137. The van der Waals surface area contributed by atoms with Crippen molar-refractivity contribution in [3.05, 3.63) is 47.5 Å². The predicted molar refractivity (Wildman–Crippen MR) is 84.6 cm³/mol. The van der Waals surface area contributed by atoms with E-state index in [9.17, 15) is 13.2 Å². The lowest BCUT2D eigenvalue weighted by atomic mass is 9.79. The predicted octanol–water partition coefficient (Wildman–Crippen LogP) is 6.41. The summed E-state index contributed by atoms with van der Waals surface area (Å²) in [4.78, 5) is 0. The zero-order chi connectivity index (χ0) is 16.0. The van der Waals surface area contributed by atoms with Crippen LogP contribution in [0.1, 0.15) is 56.6 Å². The Hall–Kier alpha value is -1.25. The summed E-state index contributed by atoms with van der Waals surface area (Å²) in [5, 5.41) is 0. The minimum Gasteiger partial charge on any atom is -0.166 e. The van der Waals surface area contributed by atoms with Crippen LogP contribution in [0.2, 0.25) is 0 Å². The average molecular weight is 310 g/mol. The third-order valence-electron chi connectivity index (χ3n) is 4.81. The van der Waals surface area contributed by atoms with E-state index in [2.05, 4.69) is 19.1 Å². The maximum Gasteiger partial charge on any atom is 0.416 e. The summed E-state index contributed by atoms with van der Waals surface area (Å²) in [5.41, 5.74) is 0.354. The van der Waals surface area contributed by atoms with Crippen LogP contribution in [-0.4, -0.2) is 0 Å². The van der Waals surface area contributed by atoms with Crippen molar-refractivity contribution < 1.29 is 13.2 Å². The van der Waals surface area contributed by atoms with E-state index in [0.29, 0.717) is 6.42 Å². The molecule has 0 radical (unpaired) electrons. The molecule has 0 aliphatic heterocycles. The van der Waals surface area contributed by atoms with Gasteiger partial charge in [0.2, 0.25) is 0 Å². The summed E-state index contributed by atoms with van der Waals surface area (Å²) in [7, 11) is 0. The van der Waals surface area contributed by atoms with Gasteiger partial charge in [-0.3, -0.25) is 0 Å². The number of alkyl halides is 3. The molecule has 0 heterocycles. The van der Waals surface area contributed by atoms with Crippen molar-refractivity contribution in [2.24, 2.45) is 11.8 Å². The molecular formula is C19H25F3. The molecule has 0 amide bonds. The van der Waals surface area contributed by atoms with Gasteiger partial charge >= 0.3 is 6.18 Å². The van der Waals surface area contributed by atoms with Crippen molar-refractivity contribution >= 4 is 0 Å². The number of benzene rings is 1. The van der Waals surface area contributed by atoms with Crippen molar-refractivity contribution in [3.8, 4) is 0 Å². The molecule has 0 unspecified atom stereocenters. The Bertz CT molecular complexity index is 462. The molecule has 0 atom stereocenters. The lowest BCUT2D eigenvalue weighted by Gasteiger charge is -2.26. The Balaban J connectivity index is 1.74. The summed E-state index contributed by atoms with van der Waals surface area (Å²) in [6.45, 7) is 2.27. The van der Waals surface area contributed by atoms with E-state index < -0.39 is 11.7 Å². The van der Waals surface area contributed by atoms with Gasteiger partial charge in [0.25, 0.3) is 0 Å². The molecule has 0 spiro atoms. The number of halogens is 3. The Morgan fingerprint density at radius 1 is 0.955 bits per heavy atom. The first-order valence-corrected chi connectivity index (χ1v) is 8.30. The highest BCUT2D eigenvalue weighted by molar-refractivity contribution is 5.25. The van der Waals surface area contributed by atoms with E-state index >= 15 is 0 Å². The van der Waals surface area contributed by atoms with E-state index in [1.54, 1.807) is 12.1 Å². The van der Waals surface area contributed by atoms with Crippen LogP contribution in [0, 0.1) is 11.8 Å². The second kappa shape index (κ2) is 7.85. The van der Waals surface area contributed by atoms with Gasteiger partial charge in [0, 0.05) is 0 Å². The first kappa shape index (κ1) is 17.1. The van der Waals surface area contributed by atoms with Crippen LogP contribution in [0.25, 0.3) is 0 Å². The summed E-state index contributed by atoms with van der Waals surface area (Å²) < 4.78 is 37.4. The lowest BCUT2D eigenvalue weighted by Crippen LogP contribution is -2.13. The largest absolute Gasteiger partial charge is 0.416 e. The normalized spacial score (nSPS) is 23.1. The monoisotopic (exact) mass is 310 g/mol. The Morgan fingerprint density at radius 3 is 2.09 bits per heavy atom. The molecule has 1 saturated carbocycles. The van der Waals surface area contributed by atoms with Gasteiger partial charge in [-0.15, -0.1) is 0 Å². The molecule has 1 aromatic rings. The van der Waals surface area contributed by atoms with Crippen molar-refractivity contribution in [1.82, 2.24) is 0 Å². The minimum atomic E-state index is -4.24. The summed E-state index contributed by atoms with van der Waals surface area (Å²) in [5.74, 6) is 1.72. The van der Waals surface area contributed by atoms with Crippen LogP contribution in [0.4, 0.5) is 13.2 Å². The highest BCUT2D eigenvalue weighted by Gasteiger charge is 2.29. The summed E-state index contributed by atoms with van der Waals surface area (Å²) in [6, 6.07) is 5.46. The van der Waals surface area contributed by atoms with Crippen LogP contribution in [0.5, 0.6) is 0 Å². The maximum atomic E-state index is 12.5. The molecule has 1 aliphatic carbocycles. The minimum absolute atomic E-state index is 0.576. The molecule has 22 heavy (non-hydrogen) atoms. The van der Waals surface area contributed by atoms with Gasteiger partial charge in [-0.2, -0.15) is 13.2 Å². The van der Waals surface area contributed by atoms with E-state index in [-0.39, 0.29) is 0 Å². The molecule has 2 rings (SSSR count). The molecule has 0 bridgehead atoms. The van der Waals surface area contributed by atoms with Crippen molar-refractivity contribution in [3.63, 3.8) is 0 Å². The third-order valence-corrected chi connectivity index (χ3v) is 4.81. The van der Waals surface area contributed by atoms with E-state index in [0.717, 1.165) is 36.0 Å². The zero-order valence-electron chi connectivity index (χ0n) is 13.2. The number of hydrogen-bond donors (Lipinski definition) is 0. The van der Waals surface area contributed by atoms with Gasteiger partial charge in [-0.1, -0.05) is 50.5 Å². The quantitative estimate of drug-likeness (QED) is 0.551. The Labute approximate surface area is 131 Å². The standard InChI is InChI=1S/C19H25F3/c1-2-15-7-9-16(10-8-15)5-3-4-6-17-11-13-18(14-12-17)19(20,21)22/h3-4,11-16H,2,5-10H2,1H3/b4-3-. The van der Waals surface area contributed by atoms with Crippen LogP contribution in [0.3, 0.4) is 0 Å². The number of hydrogen-bond acceptors (Lipinski definition) is 0. The van der Waals surface area contributed by atoms with Crippen molar-refractivity contribution in [2.75, 3.05) is 0 Å². The second-order valence-corrected chi connectivity index (χ2v) is 6.40. The first-order chi connectivity index (χ1) is 10.5. The molecule has 122 valence electrons. The highest BCUT2D eigenvalue weighted by atomic mass is 19.4. The van der Waals surface area contributed by atoms with Crippen LogP contribution in [-0.2, 0) is 12.6 Å². The van der Waals surface area contributed by atoms with Crippen LogP contribution < -0.4 is 0 Å². The molecular weight excluding hydrogens is 285 g/mol.